The monoisotopic (exact) mass is 257 g/mol. The average Bonchev–Trinajstić information content (AvgIpc) is 2.32. The van der Waals surface area contributed by atoms with Gasteiger partial charge in [-0.25, -0.2) is 0 Å². The molecule has 96 valence electrons. The van der Waals surface area contributed by atoms with Crippen LogP contribution in [0.3, 0.4) is 0 Å². The number of ether oxygens (including phenoxy) is 1. The van der Waals surface area contributed by atoms with Crippen molar-refractivity contribution >= 4 is 11.6 Å². The van der Waals surface area contributed by atoms with Crippen LogP contribution in [0.1, 0.15) is 24.9 Å². The summed E-state index contributed by atoms with van der Waals surface area (Å²) in [6.07, 6.45) is 0.489. The Bertz CT molecular complexity index is 316. The maximum atomic E-state index is 9.58. The van der Waals surface area contributed by atoms with E-state index in [9.17, 15) is 5.11 Å². The summed E-state index contributed by atoms with van der Waals surface area (Å²) in [7, 11) is 1.58. The summed E-state index contributed by atoms with van der Waals surface area (Å²) in [4.78, 5) is 0. The van der Waals surface area contributed by atoms with Crippen LogP contribution in [0.2, 0.25) is 5.02 Å². The van der Waals surface area contributed by atoms with Gasteiger partial charge in [0, 0.05) is 24.7 Å². The molecule has 0 aliphatic carbocycles. The molecule has 0 aromatic heterocycles. The number of benzene rings is 1. The van der Waals surface area contributed by atoms with Crippen LogP contribution >= 0.6 is 11.6 Å². The van der Waals surface area contributed by atoms with Gasteiger partial charge in [0.1, 0.15) is 0 Å². The minimum atomic E-state index is -0.471. The third-order valence-electron chi connectivity index (χ3n) is 2.64. The van der Waals surface area contributed by atoms with E-state index in [0.717, 1.165) is 11.4 Å². The molecule has 2 N–H and O–H groups in total. The first kappa shape index (κ1) is 14.5. The lowest BCUT2D eigenvalue weighted by molar-refractivity contribution is 0.0626. The van der Waals surface area contributed by atoms with Gasteiger partial charge in [0.2, 0.25) is 0 Å². The Hall–Kier alpha value is -0.610. The van der Waals surface area contributed by atoms with Crippen molar-refractivity contribution in [1.82, 2.24) is 5.32 Å². The van der Waals surface area contributed by atoms with Gasteiger partial charge in [-0.3, -0.25) is 0 Å². The van der Waals surface area contributed by atoms with Gasteiger partial charge >= 0.3 is 0 Å². The van der Waals surface area contributed by atoms with Gasteiger partial charge < -0.3 is 15.2 Å². The molecule has 0 fully saturated rings. The Labute approximate surface area is 108 Å². The van der Waals surface area contributed by atoms with Gasteiger partial charge in [0.25, 0.3) is 0 Å². The van der Waals surface area contributed by atoms with Crippen molar-refractivity contribution in [3.05, 3.63) is 34.9 Å². The number of rotatable bonds is 7. The van der Waals surface area contributed by atoms with Crippen LogP contribution in [-0.4, -0.2) is 31.5 Å². The highest BCUT2D eigenvalue weighted by Gasteiger charge is 2.11. The molecule has 2 atom stereocenters. The summed E-state index contributed by atoms with van der Waals surface area (Å²) in [5, 5.41) is 13.6. The van der Waals surface area contributed by atoms with E-state index >= 15 is 0 Å². The van der Waals surface area contributed by atoms with E-state index in [1.54, 1.807) is 7.11 Å². The van der Waals surface area contributed by atoms with Gasteiger partial charge in [-0.15, -0.1) is 0 Å². The quantitative estimate of drug-likeness (QED) is 0.788. The Kier molecular flexibility index (Phi) is 6.52. The van der Waals surface area contributed by atoms with E-state index in [1.807, 2.05) is 24.3 Å². The molecule has 1 aromatic carbocycles. The summed E-state index contributed by atoms with van der Waals surface area (Å²) in [6.45, 7) is 2.98. The predicted octanol–water partition coefficient (Wildman–Crippen LogP) is 2.39. The summed E-state index contributed by atoms with van der Waals surface area (Å²) in [5.41, 5.74) is 1.18. The van der Waals surface area contributed by atoms with E-state index < -0.39 is 6.10 Å². The lowest BCUT2D eigenvalue weighted by atomic mass is 10.0. The first-order valence-electron chi connectivity index (χ1n) is 5.83. The van der Waals surface area contributed by atoms with E-state index in [1.165, 1.54) is 5.56 Å². The molecule has 0 saturated heterocycles. The highest BCUT2D eigenvalue weighted by Crippen LogP contribution is 2.18. The number of nitrogens with one attached hydrogen (secondary N) is 1. The zero-order valence-electron chi connectivity index (χ0n) is 10.3. The summed E-state index contributed by atoms with van der Waals surface area (Å²) in [5.74, 6) is 0. The van der Waals surface area contributed by atoms with Crippen LogP contribution in [0.4, 0.5) is 0 Å². The fourth-order valence-corrected chi connectivity index (χ4v) is 1.85. The number of hydrogen-bond donors (Lipinski definition) is 2. The largest absolute Gasteiger partial charge is 0.389 e. The molecule has 2 unspecified atom stereocenters. The molecule has 0 saturated carbocycles. The Morgan fingerprint density at radius 2 is 2.00 bits per heavy atom. The lowest BCUT2D eigenvalue weighted by Crippen LogP contribution is -2.32. The number of methoxy groups -OCH3 is 1. The Morgan fingerprint density at radius 1 is 1.35 bits per heavy atom. The summed E-state index contributed by atoms with van der Waals surface area (Å²) in [6, 6.07) is 8.01. The highest BCUT2D eigenvalue weighted by molar-refractivity contribution is 6.30. The van der Waals surface area contributed by atoms with Gasteiger partial charge in [-0.1, -0.05) is 30.7 Å². The zero-order valence-corrected chi connectivity index (χ0v) is 11.1. The van der Waals surface area contributed by atoms with Crippen LogP contribution in [-0.2, 0) is 4.74 Å². The van der Waals surface area contributed by atoms with Crippen molar-refractivity contribution < 1.29 is 9.84 Å². The molecular formula is C13H20ClNO2. The molecule has 1 aromatic rings. The Balaban J connectivity index is 2.51. The minimum absolute atomic E-state index is 0.235. The molecule has 0 radical (unpaired) electrons. The minimum Gasteiger partial charge on any atom is -0.389 e. The number of halogens is 1. The van der Waals surface area contributed by atoms with Crippen LogP contribution in [0, 0.1) is 0 Å². The molecule has 3 nitrogen and oxygen atoms in total. The van der Waals surface area contributed by atoms with Gasteiger partial charge in [0.15, 0.2) is 0 Å². The number of aliphatic hydroxyl groups is 1. The molecule has 1 rings (SSSR count). The van der Waals surface area contributed by atoms with Crippen LogP contribution < -0.4 is 5.32 Å². The molecule has 0 bridgehead atoms. The molecular weight excluding hydrogens is 238 g/mol. The fraction of sp³-hybridized carbons (Fsp3) is 0.538. The van der Waals surface area contributed by atoms with Crippen molar-refractivity contribution in [3.8, 4) is 0 Å². The lowest BCUT2D eigenvalue weighted by Gasteiger charge is -2.19. The van der Waals surface area contributed by atoms with Crippen molar-refractivity contribution in [2.45, 2.75) is 25.5 Å². The summed E-state index contributed by atoms with van der Waals surface area (Å²) < 4.78 is 4.88. The van der Waals surface area contributed by atoms with E-state index in [2.05, 4.69) is 12.2 Å². The van der Waals surface area contributed by atoms with E-state index in [-0.39, 0.29) is 6.04 Å². The normalized spacial score (nSPS) is 14.6. The third kappa shape index (κ3) is 5.04. The van der Waals surface area contributed by atoms with Crippen LogP contribution in [0.15, 0.2) is 24.3 Å². The average molecular weight is 258 g/mol. The second kappa shape index (κ2) is 7.67. The van der Waals surface area contributed by atoms with Crippen molar-refractivity contribution in [3.63, 3.8) is 0 Å². The number of hydrogen-bond acceptors (Lipinski definition) is 3. The molecule has 17 heavy (non-hydrogen) atoms. The van der Waals surface area contributed by atoms with Gasteiger partial charge in [0.05, 0.1) is 12.7 Å². The second-order valence-electron chi connectivity index (χ2n) is 4.03. The van der Waals surface area contributed by atoms with E-state index in [0.29, 0.717) is 13.2 Å². The van der Waals surface area contributed by atoms with Crippen LogP contribution in [0.5, 0.6) is 0 Å². The van der Waals surface area contributed by atoms with Crippen molar-refractivity contribution in [2.24, 2.45) is 0 Å². The first-order valence-corrected chi connectivity index (χ1v) is 6.21. The van der Waals surface area contributed by atoms with Gasteiger partial charge in [-0.05, 0) is 24.1 Å². The van der Waals surface area contributed by atoms with Crippen molar-refractivity contribution in [1.29, 1.82) is 0 Å². The maximum Gasteiger partial charge on any atom is 0.0897 e. The highest BCUT2D eigenvalue weighted by atomic mass is 35.5. The molecule has 0 aliphatic rings. The van der Waals surface area contributed by atoms with Gasteiger partial charge in [-0.2, -0.15) is 0 Å². The molecule has 0 aliphatic heterocycles. The number of aliphatic hydroxyl groups excluding tert-OH is 1. The molecule has 4 heteroatoms. The molecule has 0 heterocycles. The predicted molar refractivity (Wildman–Crippen MR) is 70.4 cm³/mol. The third-order valence-corrected chi connectivity index (χ3v) is 2.89. The fourth-order valence-electron chi connectivity index (χ4n) is 1.72. The Morgan fingerprint density at radius 3 is 2.53 bits per heavy atom. The molecule has 0 spiro atoms. The molecule has 0 amide bonds. The topological polar surface area (TPSA) is 41.5 Å². The summed E-state index contributed by atoms with van der Waals surface area (Å²) >= 11 is 5.85. The van der Waals surface area contributed by atoms with E-state index in [4.69, 9.17) is 16.3 Å². The van der Waals surface area contributed by atoms with Crippen molar-refractivity contribution in [2.75, 3.05) is 20.3 Å². The smallest absolute Gasteiger partial charge is 0.0897 e. The second-order valence-corrected chi connectivity index (χ2v) is 4.47. The maximum absolute atomic E-state index is 9.58. The van der Waals surface area contributed by atoms with Crippen LogP contribution in [0.25, 0.3) is 0 Å². The standard InChI is InChI=1S/C13H20ClNO2/c1-3-13(15-8-12(16)9-17-2)10-4-6-11(14)7-5-10/h4-7,12-13,15-16H,3,8-9H2,1-2H3. The first-order chi connectivity index (χ1) is 8.17. The SMILES string of the molecule is CCC(NCC(O)COC)c1ccc(Cl)cc1. The zero-order chi connectivity index (χ0) is 12.7.